The van der Waals surface area contributed by atoms with Crippen LogP contribution in [-0.4, -0.2) is 18.1 Å². The average Bonchev–Trinajstić information content (AvgIpc) is 2.88. The van der Waals surface area contributed by atoms with Crippen molar-refractivity contribution in [1.29, 1.82) is 0 Å². The van der Waals surface area contributed by atoms with E-state index in [0.29, 0.717) is 0 Å². The topological polar surface area (TPSA) is 41.3 Å². The van der Waals surface area contributed by atoms with E-state index in [0.717, 1.165) is 37.8 Å². The van der Waals surface area contributed by atoms with Crippen LogP contribution >= 0.6 is 0 Å². The van der Waals surface area contributed by atoms with Crippen LogP contribution in [0.15, 0.2) is 41.1 Å². The molecule has 3 heterocycles. The van der Waals surface area contributed by atoms with Crippen LogP contribution in [-0.2, 0) is 13.1 Å². The fraction of sp³-hybridized carbons (Fsp3) is 0.471. The smallest absolute Gasteiger partial charge is 0.128 e. The number of nitrogens with one attached hydrogen (secondary N) is 1. The summed E-state index contributed by atoms with van der Waals surface area (Å²) in [5.74, 6) is 2.08. The first-order valence-electron chi connectivity index (χ1n) is 7.85. The second-order valence-corrected chi connectivity index (χ2v) is 5.61. The number of furan rings is 1. The molecule has 1 N–H and O–H groups in total. The SMILES string of the molecule is c1coc(CNCc2ccc(N3CCCCCC3)nc2)c1. The van der Waals surface area contributed by atoms with Crippen LogP contribution in [0.3, 0.4) is 0 Å². The third kappa shape index (κ3) is 4.08. The highest BCUT2D eigenvalue weighted by Crippen LogP contribution is 2.17. The van der Waals surface area contributed by atoms with Crippen LogP contribution in [0.25, 0.3) is 0 Å². The predicted molar refractivity (Wildman–Crippen MR) is 84.2 cm³/mol. The lowest BCUT2D eigenvalue weighted by molar-refractivity contribution is 0.483. The van der Waals surface area contributed by atoms with Crippen molar-refractivity contribution >= 4 is 5.82 Å². The number of rotatable bonds is 5. The van der Waals surface area contributed by atoms with Gasteiger partial charge >= 0.3 is 0 Å². The molecule has 0 bridgehead atoms. The van der Waals surface area contributed by atoms with Crippen LogP contribution in [0.5, 0.6) is 0 Å². The summed E-state index contributed by atoms with van der Waals surface area (Å²) in [6.45, 7) is 3.85. The Kier molecular flexibility index (Phi) is 4.90. The Labute approximate surface area is 126 Å². The highest BCUT2D eigenvalue weighted by Gasteiger charge is 2.10. The maximum atomic E-state index is 5.30. The Balaban J connectivity index is 1.51. The van der Waals surface area contributed by atoms with Gasteiger partial charge in [0, 0.05) is 25.8 Å². The van der Waals surface area contributed by atoms with Gasteiger partial charge in [-0.15, -0.1) is 0 Å². The van der Waals surface area contributed by atoms with E-state index in [-0.39, 0.29) is 0 Å². The summed E-state index contributed by atoms with van der Waals surface area (Å²) in [7, 11) is 0. The van der Waals surface area contributed by atoms with Crippen molar-refractivity contribution in [1.82, 2.24) is 10.3 Å². The molecule has 1 fully saturated rings. The summed E-state index contributed by atoms with van der Waals surface area (Å²) < 4.78 is 5.30. The fourth-order valence-electron chi connectivity index (χ4n) is 2.75. The lowest BCUT2D eigenvalue weighted by atomic mass is 10.2. The van der Waals surface area contributed by atoms with Gasteiger partial charge in [-0.05, 0) is 36.6 Å². The molecule has 2 aromatic rings. The molecule has 0 unspecified atom stereocenters. The zero-order chi connectivity index (χ0) is 14.3. The van der Waals surface area contributed by atoms with Gasteiger partial charge in [0.15, 0.2) is 0 Å². The van der Waals surface area contributed by atoms with Crippen molar-refractivity contribution in [3.05, 3.63) is 48.0 Å². The first-order valence-corrected chi connectivity index (χ1v) is 7.85. The molecule has 2 aromatic heterocycles. The molecule has 21 heavy (non-hydrogen) atoms. The van der Waals surface area contributed by atoms with Crippen molar-refractivity contribution in [2.24, 2.45) is 0 Å². The van der Waals surface area contributed by atoms with Crippen molar-refractivity contribution < 1.29 is 4.42 Å². The molecule has 0 atom stereocenters. The summed E-state index contributed by atoms with van der Waals surface area (Å²) in [4.78, 5) is 7.03. The van der Waals surface area contributed by atoms with Gasteiger partial charge in [0.25, 0.3) is 0 Å². The quantitative estimate of drug-likeness (QED) is 0.914. The molecular weight excluding hydrogens is 262 g/mol. The number of aromatic nitrogens is 1. The van der Waals surface area contributed by atoms with Crippen LogP contribution in [0.1, 0.15) is 37.0 Å². The van der Waals surface area contributed by atoms with Crippen LogP contribution in [0, 0.1) is 0 Å². The molecule has 0 saturated carbocycles. The normalized spacial score (nSPS) is 15.9. The molecule has 1 aliphatic rings. The molecule has 4 heteroatoms. The maximum Gasteiger partial charge on any atom is 0.128 e. The average molecular weight is 285 g/mol. The number of nitrogens with zero attached hydrogens (tertiary/aromatic N) is 2. The molecule has 0 aliphatic carbocycles. The van der Waals surface area contributed by atoms with Gasteiger partial charge in [-0.3, -0.25) is 0 Å². The Morgan fingerprint density at radius 2 is 1.90 bits per heavy atom. The van der Waals surface area contributed by atoms with Crippen LogP contribution in [0.2, 0.25) is 0 Å². The summed E-state index contributed by atoms with van der Waals surface area (Å²) in [5.41, 5.74) is 1.21. The van der Waals surface area contributed by atoms with Crippen molar-refractivity contribution in [3.8, 4) is 0 Å². The van der Waals surface area contributed by atoms with Gasteiger partial charge in [0.1, 0.15) is 11.6 Å². The third-order valence-electron chi connectivity index (χ3n) is 3.95. The Hall–Kier alpha value is -1.81. The lowest BCUT2D eigenvalue weighted by Crippen LogP contribution is -2.24. The van der Waals surface area contributed by atoms with E-state index in [1.54, 1.807) is 6.26 Å². The molecule has 0 aromatic carbocycles. The number of hydrogen-bond donors (Lipinski definition) is 1. The summed E-state index contributed by atoms with van der Waals surface area (Å²) in [5, 5.41) is 3.37. The summed E-state index contributed by atoms with van der Waals surface area (Å²) in [6.07, 6.45) is 8.96. The highest BCUT2D eigenvalue weighted by atomic mass is 16.3. The van der Waals surface area contributed by atoms with Gasteiger partial charge in [0.2, 0.25) is 0 Å². The minimum absolute atomic E-state index is 0.751. The molecule has 3 rings (SSSR count). The number of pyridine rings is 1. The van der Waals surface area contributed by atoms with Crippen molar-refractivity contribution in [2.45, 2.75) is 38.8 Å². The third-order valence-corrected chi connectivity index (χ3v) is 3.95. The van der Waals surface area contributed by atoms with Crippen LogP contribution < -0.4 is 10.2 Å². The van der Waals surface area contributed by atoms with E-state index in [2.05, 4.69) is 27.3 Å². The highest BCUT2D eigenvalue weighted by molar-refractivity contribution is 5.39. The molecule has 1 saturated heterocycles. The van der Waals surface area contributed by atoms with Gasteiger partial charge < -0.3 is 14.6 Å². The van der Waals surface area contributed by atoms with E-state index in [9.17, 15) is 0 Å². The fourth-order valence-corrected chi connectivity index (χ4v) is 2.75. The van der Waals surface area contributed by atoms with E-state index in [4.69, 9.17) is 4.42 Å². The number of hydrogen-bond acceptors (Lipinski definition) is 4. The van der Waals surface area contributed by atoms with E-state index in [1.807, 2.05) is 18.3 Å². The molecule has 0 radical (unpaired) electrons. The first-order chi connectivity index (χ1) is 10.4. The predicted octanol–water partition coefficient (Wildman–Crippen LogP) is 3.34. The molecular formula is C17H23N3O. The Bertz CT molecular complexity index is 513. The lowest BCUT2D eigenvalue weighted by Gasteiger charge is -2.21. The standard InChI is InChI=1S/C17H23N3O/c1-2-4-10-20(9-3-1)17-8-7-15(13-19-17)12-18-14-16-6-5-11-21-16/h5-8,11,13,18H,1-4,9-10,12,14H2. The summed E-state index contributed by atoms with van der Waals surface area (Å²) in [6, 6.07) is 8.21. The van der Waals surface area contributed by atoms with Gasteiger partial charge in [-0.25, -0.2) is 4.98 Å². The minimum Gasteiger partial charge on any atom is -0.468 e. The molecule has 0 spiro atoms. The van der Waals surface area contributed by atoms with Crippen molar-refractivity contribution in [3.63, 3.8) is 0 Å². The molecule has 112 valence electrons. The van der Waals surface area contributed by atoms with E-state index >= 15 is 0 Å². The maximum absolute atomic E-state index is 5.30. The van der Waals surface area contributed by atoms with Crippen molar-refractivity contribution in [2.75, 3.05) is 18.0 Å². The van der Waals surface area contributed by atoms with Gasteiger partial charge in [-0.1, -0.05) is 18.9 Å². The zero-order valence-electron chi connectivity index (χ0n) is 12.4. The second-order valence-electron chi connectivity index (χ2n) is 5.61. The summed E-state index contributed by atoms with van der Waals surface area (Å²) >= 11 is 0. The van der Waals surface area contributed by atoms with E-state index < -0.39 is 0 Å². The minimum atomic E-state index is 0.751. The second kappa shape index (κ2) is 7.27. The van der Waals surface area contributed by atoms with Gasteiger partial charge in [-0.2, -0.15) is 0 Å². The first kappa shape index (κ1) is 14.1. The monoisotopic (exact) mass is 285 g/mol. The molecule has 4 nitrogen and oxygen atoms in total. The largest absolute Gasteiger partial charge is 0.468 e. The van der Waals surface area contributed by atoms with E-state index in [1.165, 1.54) is 31.2 Å². The Morgan fingerprint density at radius 1 is 1.05 bits per heavy atom. The van der Waals surface area contributed by atoms with Gasteiger partial charge in [0.05, 0.1) is 12.8 Å². The number of anilines is 1. The molecule has 0 amide bonds. The van der Waals surface area contributed by atoms with Crippen LogP contribution in [0.4, 0.5) is 5.82 Å². The zero-order valence-corrected chi connectivity index (χ0v) is 12.4. The molecule has 1 aliphatic heterocycles. The Morgan fingerprint density at radius 3 is 2.57 bits per heavy atom.